The van der Waals surface area contributed by atoms with Crippen molar-refractivity contribution in [3.63, 3.8) is 0 Å². The Bertz CT molecular complexity index is 358. The highest BCUT2D eigenvalue weighted by Gasteiger charge is 2.31. The highest BCUT2D eigenvalue weighted by Crippen LogP contribution is 2.31. The van der Waals surface area contributed by atoms with Crippen molar-refractivity contribution >= 4 is 11.6 Å². The second kappa shape index (κ2) is 3.65. The van der Waals surface area contributed by atoms with Gasteiger partial charge >= 0.3 is 0 Å². The minimum Gasteiger partial charge on any atom is -0.299 e. The van der Waals surface area contributed by atoms with E-state index in [1.807, 2.05) is 0 Å². The topological polar surface area (TPSA) is 59.9 Å². The maximum atomic E-state index is 11.4. The molecule has 0 saturated heterocycles. The first-order chi connectivity index (χ1) is 6.77. The molecule has 1 aromatic rings. The maximum Gasteiger partial charge on any atom is 0.207 e. The minimum atomic E-state index is -0.275. The molecule has 0 aliphatic heterocycles. The van der Waals surface area contributed by atoms with Crippen LogP contribution < -0.4 is 0 Å². The third kappa shape index (κ3) is 2.02. The van der Waals surface area contributed by atoms with Crippen LogP contribution in [-0.4, -0.2) is 21.5 Å². The first-order valence-electron chi connectivity index (χ1n) is 4.60. The van der Waals surface area contributed by atoms with Gasteiger partial charge in [0.1, 0.15) is 5.78 Å². The molecule has 1 saturated carbocycles. The molecule has 1 aromatic heterocycles. The number of hydrogen-bond donors (Lipinski definition) is 0. The van der Waals surface area contributed by atoms with Gasteiger partial charge in [-0.2, -0.15) is 0 Å². The number of nitrogens with zero attached hydrogens (tertiary/aromatic N) is 2. The van der Waals surface area contributed by atoms with Crippen molar-refractivity contribution in [2.45, 2.75) is 19.3 Å². The van der Waals surface area contributed by atoms with Crippen molar-refractivity contribution in [3.8, 4) is 0 Å². The average Bonchev–Trinajstić information content (AvgIpc) is 3.02. The molecule has 4 nitrogen and oxygen atoms in total. The van der Waals surface area contributed by atoms with Crippen LogP contribution in [0.3, 0.4) is 0 Å². The fourth-order valence-corrected chi connectivity index (χ4v) is 1.23. The molecule has 1 fully saturated rings. The molecular weight excluding hydrogens is 180 g/mol. The van der Waals surface area contributed by atoms with Gasteiger partial charge < -0.3 is 0 Å². The lowest BCUT2D eigenvalue weighted by Crippen LogP contribution is -2.12. The van der Waals surface area contributed by atoms with Gasteiger partial charge in [0, 0.05) is 18.3 Å². The predicted molar refractivity (Wildman–Crippen MR) is 48.7 cm³/mol. The molecule has 0 N–H and O–H groups in total. The zero-order valence-electron chi connectivity index (χ0n) is 7.64. The van der Waals surface area contributed by atoms with Gasteiger partial charge in [0.05, 0.1) is 6.42 Å². The molecule has 0 aromatic carbocycles. The summed E-state index contributed by atoms with van der Waals surface area (Å²) in [4.78, 5) is 30.4. The standard InChI is InChI=1S/C10H10N2O2/c13-8(7-2-3-7)6-9(14)10-11-4-1-5-12-10/h1,4-5,7H,2-3,6H2. The van der Waals surface area contributed by atoms with Gasteiger partial charge in [-0.05, 0) is 18.9 Å². The SMILES string of the molecule is O=C(CC(=O)C1CC1)c1ncccn1. The van der Waals surface area contributed by atoms with Gasteiger partial charge in [0.15, 0.2) is 5.82 Å². The monoisotopic (exact) mass is 190 g/mol. The van der Waals surface area contributed by atoms with E-state index in [0.717, 1.165) is 12.8 Å². The molecule has 0 bridgehead atoms. The number of hydrogen-bond acceptors (Lipinski definition) is 4. The first kappa shape index (κ1) is 8.99. The Balaban J connectivity index is 1.98. The van der Waals surface area contributed by atoms with Crippen molar-refractivity contribution in [2.75, 3.05) is 0 Å². The first-order valence-corrected chi connectivity index (χ1v) is 4.60. The van der Waals surface area contributed by atoms with Gasteiger partial charge in [0.2, 0.25) is 5.78 Å². The van der Waals surface area contributed by atoms with Gasteiger partial charge in [0.25, 0.3) is 0 Å². The summed E-state index contributed by atoms with van der Waals surface area (Å²) in [7, 11) is 0. The molecule has 1 heterocycles. The molecule has 0 spiro atoms. The number of Topliss-reactive ketones (excluding diaryl/α,β-unsaturated/α-hetero) is 2. The fourth-order valence-electron chi connectivity index (χ4n) is 1.23. The summed E-state index contributed by atoms with van der Waals surface area (Å²) < 4.78 is 0. The largest absolute Gasteiger partial charge is 0.299 e. The van der Waals surface area contributed by atoms with Gasteiger partial charge in [-0.3, -0.25) is 9.59 Å². The Morgan fingerprint density at radius 2 is 1.93 bits per heavy atom. The van der Waals surface area contributed by atoms with E-state index in [0.29, 0.717) is 0 Å². The van der Waals surface area contributed by atoms with Gasteiger partial charge in [-0.25, -0.2) is 9.97 Å². The maximum absolute atomic E-state index is 11.4. The molecule has 0 amide bonds. The highest BCUT2D eigenvalue weighted by molar-refractivity contribution is 6.07. The Kier molecular flexibility index (Phi) is 2.35. The van der Waals surface area contributed by atoms with Crippen LogP contribution in [0.5, 0.6) is 0 Å². The van der Waals surface area contributed by atoms with E-state index >= 15 is 0 Å². The smallest absolute Gasteiger partial charge is 0.207 e. The van der Waals surface area contributed by atoms with Gasteiger partial charge in [-0.15, -0.1) is 0 Å². The van der Waals surface area contributed by atoms with Crippen LogP contribution >= 0.6 is 0 Å². The zero-order valence-corrected chi connectivity index (χ0v) is 7.64. The third-order valence-corrected chi connectivity index (χ3v) is 2.18. The summed E-state index contributed by atoms with van der Waals surface area (Å²) in [5, 5.41) is 0. The van der Waals surface area contributed by atoms with Crippen molar-refractivity contribution < 1.29 is 9.59 Å². The van der Waals surface area contributed by atoms with Crippen molar-refractivity contribution in [1.82, 2.24) is 9.97 Å². The lowest BCUT2D eigenvalue weighted by atomic mass is 10.1. The molecule has 1 aliphatic carbocycles. The van der Waals surface area contributed by atoms with Crippen LogP contribution in [0.4, 0.5) is 0 Å². The van der Waals surface area contributed by atoms with E-state index in [4.69, 9.17) is 0 Å². The number of carbonyl (C=O) groups is 2. The third-order valence-electron chi connectivity index (χ3n) is 2.18. The molecule has 0 atom stereocenters. The molecule has 14 heavy (non-hydrogen) atoms. The summed E-state index contributed by atoms with van der Waals surface area (Å²) >= 11 is 0. The van der Waals surface area contributed by atoms with Crippen molar-refractivity contribution in [1.29, 1.82) is 0 Å². The molecule has 4 heteroatoms. The van der Waals surface area contributed by atoms with Crippen LogP contribution in [-0.2, 0) is 4.79 Å². The van der Waals surface area contributed by atoms with Crippen LogP contribution in [0.25, 0.3) is 0 Å². The number of rotatable bonds is 4. The van der Waals surface area contributed by atoms with Crippen LogP contribution in [0, 0.1) is 5.92 Å². The van der Waals surface area contributed by atoms with Crippen LogP contribution in [0.1, 0.15) is 29.9 Å². The molecule has 0 unspecified atom stereocenters. The van der Waals surface area contributed by atoms with E-state index < -0.39 is 0 Å². The number of ketones is 2. The second-order valence-corrected chi connectivity index (χ2v) is 3.41. The molecule has 1 aliphatic rings. The molecule has 2 rings (SSSR count). The highest BCUT2D eigenvalue weighted by atomic mass is 16.1. The fraction of sp³-hybridized carbons (Fsp3) is 0.400. The molecular formula is C10H10N2O2. The summed E-state index contributed by atoms with van der Waals surface area (Å²) in [5.74, 6) is 0.0223. The zero-order chi connectivity index (χ0) is 9.97. The van der Waals surface area contributed by atoms with E-state index in [9.17, 15) is 9.59 Å². The van der Waals surface area contributed by atoms with E-state index in [-0.39, 0.29) is 29.7 Å². The van der Waals surface area contributed by atoms with Crippen LogP contribution in [0.2, 0.25) is 0 Å². The lowest BCUT2D eigenvalue weighted by molar-refractivity contribution is -0.119. The van der Waals surface area contributed by atoms with Crippen molar-refractivity contribution in [3.05, 3.63) is 24.3 Å². The lowest BCUT2D eigenvalue weighted by Gasteiger charge is -1.96. The van der Waals surface area contributed by atoms with E-state index in [1.54, 1.807) is 6.07 Å². The normalized spacial score (nSPS) is 15.1. The second-order valence-electron chi connectivity index (χ2n) is 3.41. The van der Waals surface area contributed by atoms with Crippen molar-refractivity contribution in [2.24, 2.45) is 5.92 Å². The Morgan fingerprint density at radius 1 is 1.29 bits per heavy atom. The summed E-state index contributed by atoms with van der Waals surface area (Å²) in [6.45, 7) is 0. The van der Waals surface area contributed by atoms with E-state index in [2.05, 4.69) is 9.97 Å². The average molecular weight is 190 g/mol. The van der Waals surface area contributed by atoms with Gasteiger partial charge in [-0.1, -0.05) is 0 Å². The number of aromatic nitrogens is 2. The molecule has 72 valence electrons. The quantitative estimate of drug-likeness (QED) is 0.525. The summed E-state index contributed by atoms with van der Waals surface area (Å²) in [6.07, 6.45) is 4.82. The van der Waals surface area contributed by atoms with E-state index in [1.165, 1.54) is 12.4 Å². The van der Waals surface area contributed by atoms with Crippen LogP contribution in [0.15, 0.2) is 18.5 Å². The number of carbonyl (C=O) groups excluding carboxylic acids is 2. The summed E-state index contributed by atoms with van der Waals surface area (Å²) in [5.41, 5.74) is 0. The molecule has 0 radical (unpaired) electrons. The Hall–Kier alpha value is -1.58. The Labute approximate surface area is 81.4 Å². The Morgan fingerprint density at radius 3 is 2.50 bits per heavy atom. The minimum absolute atomic E-state index is 0.0300. The predicted octanol–water partition coefficient (Wildman–Crippen LogP) is 1.03. The summed E-state index contributed by atoms with van der Waals surface area (Å²) in [6, 6.07) is 1.64.